The summed E-state index contributed by atoms with van der Waals surface area (Å²) in [7, 11) is 0. The molecule has 1 unspecified atom stereocenters. The zero-order valence-electron chi connectivity index (χ0n) is 18.8. The molecule has 11 heteroatoms. The maximum absolute atomic E-state index is 16.4. The first-order valence-corrected chi connectivity index (χ1v) is 10.8. The number of nitrogens with one attached hydrogen (secondary N) is 1. The molecule has 1 saturated heterocycles. The van der Waals surface area contributed by atoms with Crippen LogP contribution in [-0.2, 0) is 14.2 Å². The highest BCUT2D eigenvalue weighted by atomic mass is 19.2. The van der Waals surface area contributed by atoms with Crippen molar-refractivity contribution in [1.82, 2.24) is 10.2 Å². The Morgan fingerprint density at radius 2 is 1.66 bits per heavy atom. The van der Waals surface area contributed by atoms with Crippen LogP contribution in [0.5, 0.6) is 0 Å². The first-order chi connectivity index (χ1) is 16.6. The fraction of sp³-hybridized carbons (Fsp3) is 0.292. The molecule has 2 aromatic rings. The third-order valence-electron chi connectivity index (χ3n) is 5.67. The van der Waals surface area contributed by atoms with Gasteiger partial charge in [-0.15, -0.1) is 0 Å². The fourth-order valence-corrected chi connectivity index (χ4v) is 3.92. The number of nitrogens with two attached hydrogens (primary N) is 2. The number of hydrogen-bond donors (Lipinski definition) is 3. The molecule has 0 aliphatic carbocycles. The summed E-state index contributed by atoms with van der Waals surface area (Å²) in [6, 6.07) is 15.2. The van der Waals surface area contributed by atoms with E-state index >= 15 is 4.39 Å². The lowest BCUT2D eigenvalue weighted by atomic mass is 9.91. The molecular formula is C24H25FN4O6. The zero-order valence-corrected chi connectivity index (χ0v) is 18.8. The van der Waals surface area contributed by atoms with Crippen LogP contribution >= 0.6 is 0 Å². The second-order valence-electron chi connectivity index (χ2n) is 8.44. The van der Waals surface area contributed by atoms with Crippen LogP contribution in [0, 0.1) is 0 Å². The van der Waals surface area contributed by atoms with Crippen LogP contribution in [0.3, 0.4) is 0 Å². The summed E-state index contributed by atoms with van der Waals surface area (Å²) < 4.78 is 32.6. The molecule has 5 N–H and O–H groups in total. The van der Waals surface area contributed by atoms with Gasteiger partial charge in [-0.05, 0) is 37.3 Å². The van der Waals surface area contributed by atoms with Crippen LogP contribution in [0.15, 0.2) is 72.9 Å². The van der Waals surface area contributed by atoms with Gasteiger partial charge in [0.2, 0.25) is 0 Å². The number of rotatable bonds is 6. The highest BCUT2D eigenvalue weighted by Gasteiger charge is 2.66. The van der Waals surface area contributed by atoms with Crippen LogP contribution < -0.4 is 16.8 Å². The normalized spacial score (nSPS) is 30.0. The lowest BCUT2D eigenvalue weighted by molar-refractivity contribution is -0.208. The van der Waals surface area contributed by atoms with Gasteiger partial charge in [0.25, 0.3) is 5.85 Å². The van der Waals surface area contributed by atoms with E-state index < -0.39 is 54.5 Å². The largest absolute Gasteiger partial charge is 0.456 e. The van der Waals surface area contributed by atoms with Crippen molar-refractivity contribution in [1.29, 1.82) is 0 Å². The Labute approximate surface area is 200 Å². The predicted molar refractivity (Wildman–Crippen MR) is 121 cm³/mol. The predicted octanol–water partition coefficient (Wildman–Crippen LogP) is 1.63. The maximum Gasteiger partial charge on any atom is 0.338 e. The van der Waals surface area contributed by atoms with E-state index in [2.05, 4.69) is 5.32 Å². The fourth-order valence-electron chi connectivity index (χ4n) is 3.92. The summed E-state index contributed by atoms with van der Waals surface area (Å²) in [5.74, 6) is -4.56. The monoisotopic (exact) mass is 484 g/mol. The summed E-state index contributed by atoms with van der Waals surface area (Å²) in [4.78, 5) is 38.8. The topological polar surface area (TPSA) is 146 Å². The van der Waals surface area contributed by atoms with Crippen molar-refractivity contribution < 1.29 is 33.0 Å². The lowest BCUT2D eigenvalue weighted by Crippen LogP contribution is -2.63. The van der Waals surface area contributed by atoms with Crippen molar-refractivity contribution in [2.75, 3.05) is 6.61 Å². The smallest absolute Gasteiger partial charge is 0.338 e. The van der Waals surface area contributed by atoms with E-state index in [9.17, 15) is 14.4 Å². The number of alkyl halides is 1. The molecule has 0 radical (unpaired) electrons. The van der Waals surface area contributed by atoms with Gasteiger partial charge in [0.05, 0.1) is 17.3 Å². The molecule has 2 heterocycles. The standard InChI is InChI=1S/C24H25FN4O6/c1-23(27)20(34-19(31)16-10-6-3-7-11-16)24(25,14-33-18(30)15-8-4-2-5-9-15)35-21(23)29-13-12-17(26)28-22(29)32/h2-13,17,20-21H,14,26-27H2,1H3,(H,28,32)/t17?,20-,21+,23+,24+/m0/s1. The summed E-state index contributed by atoms with van der Waals surface area (Å²) in [6.07, 6.45) is -1.19. The van der Waals surface area contributed by atoms with Crippen LogP contribution in [0.4, 0.5) is 9.18 Å². The minimum atomic E-state index is -2.88. The molecule has 2 amide bonds. The van der Waals surface area contributed by atoms with Crippen LogP contribution in [0.2, 0.25) is 0 Å². The van der Waals surface area contributed by atoms with E-state index in [0.717, 1.165) is 4.90 Å². The van der Waals surface area contributed by atoms with Gasteiger partial charge in [0.1, 0.15) is 5.54 Å². The van der Waals surface area contributed by atoms with Gasteiger partial charge in [-0.25, -0.2) is 18.8 Å². The van der Waals surface area contributed by atoms with E-state index in [1.807, 2.05) is 0 Å². The van der Waals surface area contributed by atoms with Gasteiger partial charge in [0, 0.05) is 6.20 Å². The number of nitrogens with zero attached hydrogens (tertiary/aromatic N) is 1. The van der Waals surface area contributed by atoms with Gasteiger partial charge in [-0.2, -0.15) is 0 Å². The Bertz CT molecular complexity index is 1130. The molecule has 1 fully saturated rings. The molecule has 10 nitrogen and oxygen atoms in total. The quantitative estimate of drug-likeness (QED) is 0.525. The Morgan fingerprint density at radius 1 is 1.09 bits per heavy atom. The molecule has 0 saturated carbocycles. The summed E-state index contributed by atoms with van der Waals surface area (Å²) in [6.45, 7) is 0.423. The average Bonchev–Trinajstić information content (AvgIpc) is 3.04. The number of amides is 2. The third-order valence-corrected chi connectivity index (χ3v) is 5.67. The van der Waals surface area contributed by atoms with E-state index in [1.54, 1.807) is 36.4 Å². The molecule has 35 heavy (non-hydrogen) atoms. The number of halogens is 1. The number of carbonyl (C=O) groups excluding carboxylic acids is 3. The molecule has 184 valence electrons. The van der Waals surface area contributed by atoms with Crippen molar-refractivity contribution in [3.63, 3.8) is 0 Å². The van der Waals surface area contributed by atoms with Crippen LogP contribution in [0.1, 0.15) is 27.6 Å². The Balaban J connectivity index is 1.63. The Hall–Kier alpha value is -3.80. The van der Waals surface area contributed by atoms with Crippen molar-refractivity contribution in [3.05, 3.63) is 84.1 Å². The van der Waals surface area contributed by atoms with E-state index in [1.165, 1.54) is 43.5 Å². The lowest BCUT2D eigenvalue weighted by Gasteiger charge is -2.37. The molecule has 2 aliphatic rings. The zero-order chi connectivity index (χ0) is 25.2. The van der Waals surface area contributed by atoms with Gasteiger partial charge >= 0.3 is 18.0 Å². The van der Waals surface area contributed by atoms with E-state index in [4.69, 9.17) is 25.7 Å². The first kappa shape index (κ1) is 24.3. The van der Waals surface area contributed by atoms with E-state index in [0.29, 0.717) is 0 Å². The molecule has 0 spiro atoms. The molecule has 4 rings (SSSR count). The summed E-state index contributed by atoms with van der Waals surface area (Å²) in [5.41, 5.74) is 10.7. The second kappa shape index (κ2) is 9.45. The minimum Gasteiger partial charge on any atom is -0.456 e. The van der Waals surface area contributed by atoms with Crippen LogP contribution in [0.25, 0.3) is 0 Å². The maximum atomic E-state index is 16.4. The van der Waals surface area contributed by atoms with Gasteiger partial charge in [-0.3, -0.25) is 4.90 Å². The number of hydrogen-bond acceptors (Lipinski definition) is 8. The number of carbonyl (C=O) groups is 3. The second-order valence-corrected chi connectivity index (χ2v) is 8.44. The van der Waals surface area contributed by atoms with Gasteiger partial charge < -0.3 is 31.0 Å². The molecule has 2 aromatic carbocycles. The highest BCUT2D eigenvalue weighted by molar-refractivity contribution is 5.90. The molecular weight excluding hydrogens is 459 g/mol. The number of esters is 2. The molecule has 0 aromatic heterocycles. The molecule has 5 atom stereocenters. The number of benzene rings is 2. The molecule has 0 bridgehead atoms. The van der Waals surface area contributed by atoms with Crippen molar-refractivity contribution in [3.8, 4) is 0 Å². The number of urea groups is 1. The minimum absolute atomic E-state index is 0.150. The van der Waals surface area contributed by atoms with Gasteiger partial charge in [0.15, 0.2) is 18.9 Å². The van der Waals surface area contributed by atoms with Gasteiger partial charge in [-0.1, -0.05) is 36.4 Å². The van der Waals surface area contributed by atoms with Crippen molar-refractivity contribution in [2.24, 2.45) is 11.5 Å². The van der Waals surface area contributed by atoms with E-state index in [-0.39, 0.29) is 11.1 Å². The van der Waals surface area contributed by atoms with Crippen molar-refractivity contribution >= 4 is 18.0 Å². The SMILES string of the molecule is C[C@]1(N)[C@H](N2C=CC(N)NC2=O)O[C@](F)(COC(=O)c2ccccc2)[C@H]1OC(=O)c1ccccc1. The first-order valence-electron chi connectivity index (χ1n) is 10.8. The average molecular weight is 484 g/mol. The summed E-state index contributed by atoms with van der Waals surface area (Å²) >= 11 is 0. The highest BCUT2D eigenvalue weighted by Crippen LogP contribution is 2.43. The Kier molecular flexibility index (Phi) is 6.57. The van der Waals surface area contributed by atoms with Crippen molar-refractivity contribution in [2.45, 2.75) is 36.8 Å². The third kappa shape index (κ3) is 4.87. The molecule has 2 aliphatic heterocycles. The summed E-state index contributed by atoms with van der Waals surface area (Å²) in [5, 5.41) is 2.45. The Morgan fingerprint density at radius 3 is 2.23 bits per heavy atom. The number of ether oxygens (including phenoxy) is 3. The van der Waals surface area contributed by atoms with Crippen LogP contribution in [-0.4, -0.2) is 59.4 Å².